The summed E-state index contributed by atoms with van der Waals surface area (Å²) in [5.41, 5.74) is -1.03. The van der Waals surface area contributed by atoms with Gasteiger partial charge >= 0.3 is 11.9 Å². The maximum Gasteiger partial charge on any atom is 0.359 e. The number of hydrogen-bond donors (Lipinski definition) is 0. The van der Waals surface area contributed by atoms with Crippen LogP contribution in [0.1, 0.15) is 26.3 Å². The van der Waals surface area contributed by atoms with Gasteiger partial charge in [0.2, 0.25) is 0 Å². The summed E-state index contributed by atoms with van der Waals surface area (Å²) in [4.78, 5) is 24.4. The molecule has 1 heterocycles. The summed E-state index contributed by atoms with van der Waals surface area (Å²) >= 11 is 0. The summed E-state index contributed by atoms with van der Waals surface area (Å²) in [7, 11) is -1.61. The van der Waals surface area contributed by atoms with E-state index in [1.807, 2.05) is 0 Å². The summed E-state index contributed by atoms with van der Waals surface area (Å²) < 4.78 is 36.1. The largest absolute Gasteiger partial charge is 0.464 e. The van der Waals surface area contributed by atoms with Gasteiger partial charge in [0, 0.05) is 12.6 Å². The van der Waals surface area contributed by atoms with Crippen molar-refractivity contribution in [2.45, 2.75) is 25.7 Å². The number of methoxy groups -OCH3 is 1. The van der Waals surface area contributed by atoms with E-state index >= 15 is 0 Å². The highest BCUT2D eigenvalue weighted by atomic mass is 32.2. The Bertz CT molecular complexity index is 832. The lowest BCUT2D eigenvalue weighted by molar-refractivity contribution is -0.145. The lowest BCUT2D eigenvalue weighted by atomic mass is 9.97. The fourth-order valence-corrected chi connectivity index (χ4v) is 3.47. The number of likely N-dealkylation sites (N-methyl/N-ethyl adjacent to an activating group) is 1. The molecule has 1 aliphatic rings. The second kappa shape index (κ2) is 5.94. The summed E-state index contributed by atoms with van der Waals surface area (Å²) in [5.74, 6) is -1.64. The van der Waals surface area contributed by atoms with Gasteiger partial charge in [0.15, 0.2) is 11.5 Å². The molecule has 0 bridgehead atoms. The van der Waals surface area contributed by atoms with E-state index in [0.29, 0.717) is 0 Å². The van der Waals surface area contributed by atoms with Crippen LogP contribution in [0.4, 0.5) is 0 Å². The topological polar surface area (TPSA) is 90.0 Å². The summed E-state index contributed by atoms with van der Waals surface area (Å²) in [6.07, 6.45) is 0. The van der Waals surface area contributed by atoms with Crippen LogP contribution >= 0.6 is 0 Å². The van der Waals surface area contributed by atoms with Crippen molar-refractivity contribution >= 4 is 27.7 Å². The molecule has 0 fully saturated rings. The first-order chi connectivity index (χ1) is 11.0. The minimum Gasteiger partial charge on any atom is -0.464 e. The Balaban J connectivity index is 2.76. The number of sulfonamides is 1. The van der Waals surface area contributed by atoms with Gasteiger partial charge < -0.3 is 9.47 Å². The molecule has 0 amide bonds. The molecule has 1 aromatic rings. The van der Waals surface area contributed by atoms with Crippen molar-refractivity contribution in [1.82, 2.24) is 4.31 Å². The molecule has 7 nitrogen and oxygen atoms in total. The van der Waals surface area contributed by atoms with Crippen LogP contribution in [0.15, 0.2) is 34.9 Å². The third-order valence-corrected chi connectivity index (χ3v) is 5.30. The van der Waals surface area contributed by atoms with Crippen LogP contribution in [0, 0.1) is 5.41 Å². The predicted octanol–water partition coefficient (Wildman–Crippen LogP) is 1.75. The standard InChI is InChI=1S/C16H19NO6S/c1-16(2,3)15(19)23-13-10-8-6-7-9-11(10)24(20,21)17(4)12(13)14(18)22-5/h6-9H,1-5H3. The molecule has 130 valence electrons. The highest BCUT2D eigenvalue weighted by Crippen LogP contribution is 2.37. The molecule has 24 heavy (non-hydrogen) atoms. The Labute approximate surface area is 140 Å². The molecule has 1 aliphatic heterocycles. The Morgan fingerprint density at radius 1 is 1.12 bits per heavy atom. The lowest BCUT2D eigenvalue weighted by Crippen LogP contribution is -2.37. The molecule has 0 unspecified atom stereocenters. The average molecular weight is 353 g/mol. The monoisotopic (exact) mass is 353 g/mol. The number of benzene rings is 1. The molecule has 8 heteroatoms. The maximum atomic E-state index is 12.6. The van der Waals surface area contributed by atoms with Gasteiger partial charge in [-0.25, -0.2) is 13.2 Å². The number of hydrogen-bond acceptors (Lipinski definition) is 6. The van der Waals surface area contributed by atoms with Crippen LogP contribution < -0.4 is 0 Å². The van der Waals surface area contributed by atoms with Crippen molar-refractivity contribution in [2.24, 2.45) is 5.41 Å². The number of carbonyl (C=O) groups excluding carboxylic acids is 2. The van der Waals surface area contributed by atoms with Gasteiger partial charge in [-0.3, -0.25) is 9.10 Å². The SMILES string of the molecule is COC(=O)C1=C(OC(=O)C(C)(C)C)c2ccccc2S(=O)(=O)N1C. The number of ether oxygens (including phenoxy) is 2. The third-order valence-electron chi connectivity index (χ3n) is 3.49. The predicted molar refractivity (Wildman–Crippen MR) is 85.9 cm³/mol. The first-order valence-electron chi connectivity index (χ1n) is 7.15. The molecule has 0 atom stereocenters. The van der Waals surface area contributed by atoms with Gasteiger partial charge in [-0.15, -0.1) is 0 Å². The molecule has 0 aliphatic carbocycles. The van der Waals surface area contributed by atoms with Crippen molar-refractivity contribution in [3.05, 3.63) is 35.5 Å². The second-order valence-electron chi connectivity index (χ2n) is 6.28. The van der Waals surface area contributed by atoms with E-state index in [0.717, 1.165) is 11.4 Å². The summed E-state index contributed by atoms with van der Waals surface area (Å²) in [6, 6.07) is 6.02. The molecule has 0 spiro atoms. The molecule has 0 radical (unpaired) electrons. The van der Waals surface area contributed by atoms with Crippen molar-refractivity contribution in [2.75, 3.05) is 14.2 Å². The smallest absolute Gasteiger partial charge is 0.359 e. The van der Waals surface area contributed by atoms with E-state index in [1.54, 1.807) is 32.9 Å². The number of nitrogens with zero attached hydrogens (tertiary/aromatic N) is 1. The highest BCUT2D eigenvalue weighted by Gasteiger charge is 2.41. The minimum atomic E-state index is -3.95. The van der Waals surface area contributed by atoms with Gasteiger partial charge in [0.05, 0.1) is 17.4 Å². The van der Waals surface area contributed by atoms with Crippen LogP contribution in [0.2, 0.25) is 0 Å². The number of fused-ring (bicyclic) bond motifs is 1. The molecule has 0 aromatic heterocycles. The van der Waals surface area contributed by atoms with E-state index in [1.165, 1.54) is 19.2 Å². The number of esters is 2. The Kier molecular flexibility index (Phi) is 4.45. The van der Waals surface area contributed by atoms with Crippen molar-refractivity contribution in [1.29, 1.82) is 0 Å². The molecular weight excluding hydrogens is 334 g/mol. The van der Waals surface area contributed by atoms with E-state index in [2.05, 4.69) is 4.74 Å². The van der Waals surface area contributed by atoms with E-state index in [9.17, 15) is 18.0 Å². The first kappa shape index (κ1) is 18.0. The van der Waals surface area contributed by atoms with Gasteiger partial charge in [0.1, 0.15) is 0 Å². The van der Waals surface area contributed by atoms with Crippen molar-refractivity contribution in [3.63, 3.8) is 0 Å². The zero-order valence-corrected chi connectivity index (χ0v) is 14.9. The summed E-state index contributed by atoms with van der Waals surface area (Å²) in [6.45, 7) is 4.97. The highest BCUT2D eigenvalue weighted by molar-refractivity contribution is 7.89. The third kappa shape index (κ3) is 2.89. The normalized spacial score (nSPS) is 16.5. The number of carbonyl (C=O) groups is 2. The molecule has 2 rings (SSSR count). The average Bonchev–Trinajstić information content (AvgIpc) is 2.51. The Hall–Kier alpha value is -2.35. The van der Waals surface area contributed by atoms with Crippen LogP contribution in [-0.2, 0) is 29.1 Å². The van der Waals surface area contributed by atoms with Crippen LogP contribution in [0.3, 0.4) is 0 Å². The van der Waals surface area contributed by atoms with Crippen molar-refractivity contribution in [3.8, 4) is 0 Å². The van der Waals surface area contributed by atoms with Crippen LogP contribution in [0.25, 0.3) is 5.76 Å². The van der Waals surface area contributed by atoms with Crippen LogP contribution in [-0.4, -0.2) is 38.8 Å². The zero-order valence-electron chi connectivity index (χ0n) is 14.1. The minimum absolute atomic E-state index is 0.0446. The van der Waals surface area contributed by atoms with Gasteiger partial charge in [-0.2, -0.15) is 0 Å². The van der Waals surface area contributed by atoms with E-state index in [-0.39, 0.29) is 21.9 Å². The molecule has 1 aromatic carbocycles. The molecule has 0 N–H and O–H groups in total. The molecule has 0 saturated heterocycles. The van der Waals surface area contributed by atoms with E-state index < -0.39 is 27.4 Å². The van der Waals surface area contributed by atoms with Crippen molar-refractivity contribution < 1.29 is 27.5 Å². The summed E-state index contributed by atoms with van der Waals surface area (Å²) in [5, 5.41) is 0. The zero-order chi connectivity index (χ0) is 18.3. The second-order valence-corrected chi connectivity index (χ2v) is 8.22. The number of rotatable bonds is 2. The van der Waals surface area contributed by atoms with Gasteiger partial charge in [-0.05, 0) is 32.9 Å². The van der Waals surface area contributed by atoms with Gasteiger partial charge in [0.25, 0.3) is 10.0 Å². The fraction of sp³-hybridized carbons (Fsp3) is 0.375. The first-order valence-corrected chi connectivity index (χ1v) is 8.59. The quantitative estimate of drug-likeness (QED) is 0.753. The Morgan fingerprint density at radius 3 is 2.25 bits per heavy atom. The van der Waals surface area contributed by atoms with Gasteiger partial charge in [-0.1, -0.05) is 12.1 Å². The van der Waals surface area contributed by atoms with E-state index in [4.69, 9.17) is 4.74 Å². The Morgan fingerprint density at radius 2 is 1.71 bits per heavy atom. The molecule has 0 saturated carbocycles. The lowest BCUT2D eigenvalue weighted by Gasteiger charge is -2.30. The maximum absolute atomic E-state index is 12.6. The molecular formula is C16H19NO6S. The van der Waals surface area contributed by atoms with Crippen LogP contribution in [0.5, 0.6) is 0 Å². The fourth-order valence-electron chi connectivity index (χ4n) is 2.08.